The lowest BCUT2D eigenvalue weighted by atomic mass is 10.0. The van der Waals surface area contributed by atoms with E-state index in [1.54, 1.807) is 0 Å². The molecule has 1 atom stereocenters. The molecule has 2 N–H and O–H groups in total. The second-order valence-electron chi connectivity index (χ2n) is 5.96. The zero-order valence-electron chi connectivity index (χ0n) is 14.4. The number of nitro benzene ring substituents is 1. The van der Waals surface area contributed by atoms with E-state index in [2.05, 4.69) is 0 Å². The van der Waals surface area contributed by atoms with E-state index in [0.717, 1.165) is 17.4 Å². The third-order valence-electron chi connectivity index (χ3n) is 3.80. The lowest BCUT2D eigenvalue weighted by Crippen LogP contribution is -2.35. The van der Waals surface area contributed by atoms with Crippen molar-refractivity contribution in [2.24, 2.45) is 11.7 Å². The van der Waals surface area contributed by atoms with E-state index in [1.807, 2.05) is 13.8 Å². The molecular weight excluding hydrogens is 399 g/mol. The SMILES string of the molecule is CC(C)C(N)CCN(C)S(=O)(=O)c1ccc([N+](=O)[O-])cc1C(F)(F)F.Cl. The number of sulfonamides is 1. The number of halogens is 4. The number of nitrogens with zero attached hydrogens (tertiary/aromatic N) is 2. The molecule has 1 aromatic carbocycles. The number of benzene rings is 1. The summed E-state index contributed by atoms with van der Waals surface area (Å²) in [5.74, 6) is 0.0845. The van der Waals surface area contributed by atoms with Crippen LogP contribution in [0.2, 0.25) is 0 Å². The highest BCUT2D eigenvalue weighted by Crippen LogP contribution is 2.37. The quantitative estimate of drug-likeness (QED) is 0.540. The number of nitro groups is 1. The molecular formula is C14H21ClF3N3O4S. The van der Waals surface area contributed by atoms with Gasteiger partial charge in [0.1, 0.15) is 0 Å². The average molecular weight is 420 g/mol. The number of hydrogen-bond acceptors (Lipinski definition) is 5. The van der Waals surface area contributed by atoms with Crippen molar-refractivity contribution in [2.75, 3.05) is 13.6 Å². The lowest BCUT2D eigenvalue weighted by molar-refractivity contribution is -0.385. The number of hydrogen-bond donors (Lipinski definition) is 1. The van der Waals surface area contributed by atoms with Crippen molar-refractivity contribution in [3.8, 4) is 0 Å². The fourth-order valence-corrected chi connectivity index (χ4v) is 3.40. The molecule has 0 saturated heterocycles. The monoisotopic (exact) mass is 419 g/mol. The predicted molar refractivity (Wildman–Crippen MR) is 92.6 cm³/mol. The minimum atomic E-state index is -5.05. The fraction of sp³-hybridized carbons (Fsp3) is 0.571. The molecule has 0 spiro atoms. The predicted octanol–water partition coefficient (Wildman–Crippen LogP) is 3.03. The van der Waals surface area contributed by atoms with Crippen LogP contribution in [-0.2, 0) is 16.2 Å². The first-order chi connectivity index (χ1) is 11.3. The Morgan fingerprint density at radius 2 is 1.85 bits per heavy atom. The highest BCUT2D eigenvalue weighted by Gasteiger charge is 2.39. The summed E-state index contributed by atoms with van der Waals surface area (Å²) in [7, 11) is -3.34. The molecule has 12 heteroatoms. The highest BCUT2D eigenvalue weighted by atomic mass is 35.5. The van der Waals surface area contributed by atoms with Crippen molar-refractivity contribution < 1.29 is 26.5 Å². The second kappa shape index (κ2) is 8.98. The normalized spacial score (nSPS) is 13.6. The molecule has 7 nitrogen and oxygen atoms in total. The van der Waals surface area contributed by atoms with Crippen LogP contribution in [0.15, 0.2) is 23.1 Å². The third kappa shape index (κ3) is 5.79. The maximum Gasteiger partial charge on any atom is 0.417 e. The van der Waals surface area contributed by atoms with Crippen molar-refractivity contribution in [3.05, 3.63) is 33.9 Å². The van der Waals surface area contributed by atoms with Crippen molar-refractivity contribution in [1.82, 2.24) is 4.31 Å². The van der Waals surface area contributed by atoms with Crippen LogP contribution in [0.3, 0.4) is 0 Å². The molecule has 0 aliphatic carbocycles. The summed E-state index contributed by atoms with van der Waals surface area (Å²) < 4.78 is 65.3. The van der Waals surface area contributed by atoms with Gasteiger partial charge in [0.25, 0.3) is 5.69 Å². The number of alkyl halides is 3. The largest absolute Gasteiger partial charge is 0.417 e. The molecule has 1 rings (SSSR count). The molecule has 0 saturated carbocycles. The van der Waals surface area contributed by atoms with Crippen molar-refractivity contribution in [2.45, 2.75) is 37.4 Å². The zero-order valence-corrected chi connectivity index (χ0v) is 16.0. The minimum absolute atomic E-state index is 0. The third-order valence-corrected chi connectivity index (χ3v) is 5.72. The van der Waals surface area contributed by atoms with Crippen LogP contribution in [0.5, 0.6) is 0 Å². The maximum atomic E-state index is 13.2. The Morgan fingerprint density at radius 1 is 1.31 bits per heavy atom. The molecule has 0 heterocycles. The molecule has 0 fully saturated rings. The van der Waals surface area contributed by atoms with Gasteiger partial charge in [-0.1, -0.05) is 13.8 Å². The van der Waals surface area contributed by atoms with Crippen LogP contribution in [0, 0.1) is 16.0 Å². The van der Waals surface area contributed by atoms with Gasteiger partial charge >= 0.3 is 6.18 Å². The molecule has 0 bridgehead atoms. The summed E-state index contributed by atoms with van der Waals surface area (Å²) in [5.41, 5.74) is 3.42. The highest BCUT2D eigenvalue weighted by molar-refractivity contribution is 7.89. The summed E-state index contributed by atoms with van der Waals surface area (Å²) in [4.78, 5) is 8.64. The van der Waals surface area contributed by atoms with E-state index in [1.165, 1.54) is 0 Å². The molecule has 1 aromatic rings. The Hall–Kier alpha value is -1.43. The van der Waals surface area contributed by atoms with E-state index in [-0.39, 0.29) is 43.4 Å². The van der Waals surface area contributed by atoms with Gasteiger partial charge in [-0.05, 0) is 18.4 Å². The summed E-state index contributed by atoms with van der Waals surface area (Å²) in [6.07, 6.45) is -4.79. The summed E-state index contributed by atoms with van der Waals surface area (Å²) in [5, 5.41) is 10.7. The Morgan fingerprint density at radius 3 is 2.27 bits per heavy atom. The second-order valence-corrected chi connectivity index (χ2v) is 7.97. The van der Waals surface area contributed by atoms with Crippen LogP contribution in [0.25, 0.3) is 0 Å². The van der Waals surface area contributed by atoms with Crippen LogP contribution >= 0.6 is 12.4 Å². The Bertz CT molecular complexity index is 741. The van der Waals surface area contributed by atoms with Gasteiger partial charge in [-0.2, -0.15) is 13.2 Å². The summed E-state index contributed by atoms with van der Waals surface area (Å²) in [6, 6.07) is 1.25. The molecule has 0 amide bonds. The topological polar surface area (TPSA) is 107 Å². The summed E-state index contributed by atoms with van der Waals surface area (Å²) >= 11 is 0. The minimum Gasteiger partial charge on any atom is -0.327 e. The fourth-order valence-electron chi connectivity index (χ4n) is 2.03. The van der Waals surface area contributed by atoms with Gasteiger partial charge in [-0.25, -0.2) is 12.7 Å². The molecule has 26 heavy (non-hydrogen) atoms. The number of rotatable bonds is 7. The van der Waals surface area contributed by atoms with E-state index < -0.39 is 37.3 Å². The van der Waals surface area contributed by atoms with Crippen LogP contribution in [-0.4, -0.2) is 37.3 Å². The first-order valence-electron chi connectivity index (χ1n) is 7.36. The van der Waals surface area contributed by atoms with Gasteiger partial charge in [0.05, 0.1) is 15.4 Å². The smallest absolute Gasteiger partial charge is 0.327 e. The number of nitrogens with two attached hydrogens (primary N) is 1. The van der Waals surface area contributed by atoms with Crippen molar-refractivity contribution in [1.29, 1.82) is 0 Å². The van der Waals surface area contributed by atoms with Crippen molar-refractivity contribution >= 4 is 28.1 Å². The van der Waals surface area contributed by atoms with Gasteiger partial charge in [0.15, 0.2) is 0 Å². The molecule has 0 aromatic heterocycles. The first kappa shape index (κ1) is 24.6. The first-order valence-corrected chi connectivity index (χ1v) is 8.80. The Balaban J connectivity index is 0.00000625. The van der Waals surface area contributed by atoms with Gasteiger partial charge in [0.2, 0.25) is 10.0 Å². The van der Waals surface area contributed by atoms with Crippen LogP contribution in [0.4, 0.5) is 18.9 Å². The molecule has 150 valence electrons. The molecule has 0 aliphatic heterocycles. The maximum absolute atomic E-state index is 13.2. The Labute approximate surface area is 156 Å². The molecule has 1 unspecified atom stereocenters. The zero-order chi connectivity index (χ0) is 19.6. The van der Waals surface area contributed by atoms with E-state index in [9.17, 15) is 31.7 Å². The number of non-ortho nitro benzene ring substituents is 1. The van der Waals surface area contributed by atoms with E-state index in [0.29, 0.717) is 6.07 Å². The van der Waals surface area contributed by atoms with Gasteiger partial charge in [-0.3, -0.25) is 10.1 Å². The van der Waals surface area contributed by atoms with E-state index in [4.69, 9.17) is 5.73 Å². The van der Waals surface area contributed by atoms with Crippen molar-refractivity contribution in [3.63, 3.8) is 0 Å². The summed E-state index contributed by atoms with van der Waals surface area (Å²) in [6.45, 7) is 3.62. The van der Waals surface area contributed by atoms with Gasteiger partial charge < -0.3 is 5.73 Å². The standard InChI is InChI=1S/C14H20F3N3O4S.ClH/c1-9(2)12(18)6-7-19(3)25(23,24)13-5-4-10(20(21)22)8-11(13)14(15,16)17;/h4-5,8-9,12H,6-7,18H2,1-3H3;1H. The van der Waals surface area contributed by atoms with E-state index >= 15 is 0 Å². The molecule has 0 radical (unpaired) electrons. The molecule has 0 aliphatic rings. The van der Waals surface area contributed by atoms with Crippen LogP contribution in [0.1, 0.15) is 25.8 Å². The average Bonchev–Trinajstić information content (AvgIpc) is 2.50. The van der Waals surface area contributed by atoms with Gasteiger partial charge in [0, 0.05) is 31.8 Å². The Kier molecular flexibility index (Phi) is 8.48. The van der Waals surface area contributed by atoms with Crippen LogP contribution < -0.4 is 5.73 Å². The van der Waals surface area contributed by atoms with Gasteiger partial charge in [-0.15, -0.1) is 12.4 Å². The lowest BCUT2D eigenvalue weighted by Gasteiger charge is -2.22.